The third kappa shape index (κ3) is 3.25. The van der Waals surface area contributed by atoms with Gasteiger partial charge in [-0.2, -0.15) is 0 Å². The minimum Gasteiger partial charge on any atom is -0.314 e. The van der Waals surface area contributed by atoms with Crippen LogP contribution in [0.15, 0.2) is 0 Å². The summed E-state index contributed by atoms with van der Waals surface area (Å²) in [6, 6.07) is 0. The molecule has 1 rings (SSSR count). The van der Waals surface area contributed by atoms with Crippen LogP contribution in [0.25, 0.3) is 0 Å². The van der Waals surface area contributed by atoms with E-state index in [9.17, 15) is 0 Å². The molecule has 0 saturated carbocycles. The molecule has 1 atom stereocenters. The van der Waals surface area contributed by atoms with Crippen molar-refractivity contribution in [3.05, 3.63) is 0 Å². The number of piperidine rings is 1. The number of hydrogen-bond donors (Lipinski definition) is 1. The Morgan fingerprint density at radius 1 is 1.36 bits per heavy atom. The molecule has 0 radical (unpaired) electrons. The van der Waals surface area contributed by atoms with Crippen molar-refractivity contribution in [2.75, 3.05) is 26.7 Å². The van der Waals surface area contributed by atoms with E-state index in [4.69, 9.17) is 0 Å². The average Bonchev–Trinajstić information content (AvgIpc) is 2.21. The normalized spacial score (nSPS) is 24.9. The zero-order valence-electron chi connectivity index (χ0n) is 10.3. The van der Waals surface area contributed by atoms with Crippen molar-refractivity contribution in [3.63, 3.8) is 0 Å². The van der Waals surface area contributed by atoms with E-state index in [-0.39, 0.29) is 0 Å². The van der Waals surface area contributed by atoms with Gasteiger partial charge in [-0.1, -0.05) is 20.3 Å². The van der Waals surface area contributed by atoms with Gasteiger partial charge in [-0.15, -0.1) is 0 Å². The Bertz CT molecular complexity index is 160. The molecule has 1 heterocycles. The second kappa shape index (κ2) is 5.13. The van der Waals surface area contributed by atoms with Gasteiger partial charge < -0.3 is 10.2 Å². The molecular formula is C12H26N2. The van der Waals surface area contributed by atoms with E-state index >= 15 is 0 Å². The molecule has 1 aliphatic heterocycles. The minimum absolute atomic E-state index is 0.395. The Hall–Kier alpha value is -0.0800. The summed E-state index contributed by atoms with van der Waals surface area (Å²) in [7, 11) is 2.09. The summed E-state index contributed by atoms with van der Waals surface area (Å²) in [6.45, 7) is 10.8. The number of rotatable bonds is 4. The molecule has 14 heavy (non-hydrogen) atoms. The quantitative estimate of drug-likeness (QED) is 0.744. The molecule has 0 bridgehead atoms. The highest BCUT2D eigenvalue weighted by Crippen LogP contribution is 2.21. The number of likely N-dealkylation sites (tertiary alicyclic amines) is 1. The fourth-order valence-corrected chi connectivity index (χ4v) is 2.05. The summed E-state index contributed by atoms with van der Waals surface area (Å²) in [4.78, 5) is 2.62. The van der Waals surface area contributed by atoms with Gasteiger partial charge in [-0.25, -0.2) is 0 Å². The molecule has 0 aromatic rings. The van der Waals surface area contributed by atoms with E-state index in [0.29, 0.717) is 5.54 Å². The fourth-order valence-electron chi connectivity index (χ4n) is 2.05. The van der Waals surface area contributed by atoms with E-state index < -0.39 is 0 Å². The van der Waals surface area contributed by atoms with Crippen molar-refractivity contribution in [2.24, 2.45) is 5.92 Å². The van der Waals surface area contributed by atoms with Gasteiger partial charge in [-0.3, -0.25) is 0 Å². The number of nitrogens with zero attached hydrogens (tertiary/aromatic N) is 1. The van der Waals surface area contributed by atoms with Crippen molar-refractivity contribution in [2.45, 2.75) is 45.6 Å². The second-order valence-corrected chi connectivity index (χ2v) is 5.12. The van der Waals surface area contributed by atoms with Crippen LogP contribution in [0.2, 0.25) is 0 Å². The van der Waals surface area contributed by atoms with Gasteiger partial charge in [0, 0.05) is 12.1 Å². The Labute approximate surface area is 89.1 Å². The van der Waals surface area contributed by atoms with Gasteiger partial charge in [0.25, 0.3) is 0 Å². The molecule has 0 aromatic carbocycles. The van der Waals surface area contributed by atoms with Crippen molar-refractivity contribution in [3.8, 4) is 0 Å². The monoisotopic (exact) mass is 198 g/mol. The van der Waals surface area contributed by atoms with Crippen LogP contribution in [0, 0.1) is 5.92 Å². The lowest BCUT2D eigenvalue weighted by molar-refractivity contribution is 0.136. The van der Waals surface area contributed by atoms with Crippen molar-refractivity contribution >= 4 is 0 Å². The third-order valence-corrected chi connectivity index (χ3v) is 3.83. The first-order valence-corrected chi connectivity index (χ1v) is 6.01. The van der Waals surface area contributed by atoms with E-state index in [2.05, 4.69) is 38.0 Å². The molecule has 1 unspecified atom stereocenters. The SMILES string of the molecule is CCC(C)CN1CCC(C)(NC)CC1. The zero-order valence-corrected chi connectivity index (χ0v) is 10.3. The lowest BCUT2D eigenvalue weighted by atomic mass is 9.89. The molecule has 0 spiro atoms. The first kappa shape index (κ1) is 12.0. The van der Waals surface area contributed by atoms with E-state index in [1.807, 2.05) is 0 Å². The number of hydrogen-bond acceptors (Lipinski definition) is 2. The maximum Gasteiger partial charge on any atom is 0.0174 e. The Balaban J connectivity index is 2.29. The van der Waals surface area contributed by atoms with Gasteiger partial charge in [0.1, 0.15) is 0 Å². The highest BCUT2D eigenvalue weighted by molar-refractivity contribution is 4.88. The molecule has 1 aliphatic rings. The van der Waals surface area contributed by atoms with E-state index in [1.165, 1.54) is 38.9 Å². The van der Waals surface area contributed by atoms with E-state index in [1.54, 1.807) is 0 Å². The second-order valence-electron chi connectivity index (χ2n) is 5.12. The summed E-state index contributed by atoms with van der Waals surface area (Å²) in [5.74, 6) is 0.856. The molecule has 0 amide bonds. The maximum absolute atomic E-state index is 3.44. The van der Waals surface area contributed by atoms with Gasteiger partial charge in [-0.05, 0) is 45.8 Å². The van der Waals surface area contributed by atoms with Crippen LogP contribution in [0.3, 0.4) is 0 Å². The summed E-state index contributed by atoms with van der Waals surface area (Å²) >= 11 is 0. The highest BCUT2D eigenvalue weighted by atomic mass is 15.1. The molecule has 1 N–H and O–H groups in total. The molecular weight excluding hydrogens is 172 g/mol. The van der Waals surface area contributed by atoms with Gasteiger partial charge in [0.2, 0.25) is 0 Å². The highest BCUT2D eigenvalue weighted by Gasteiger charge is 2.28. The van der Waals surface area contributed by atoms with Crippen LogP contribution in [0.1, 0.15) is 40.0 Å². The summed E-state index contributed by atoms with van der Waals surface area (Å²) < 4.78 is 0. The maximum atomic E-state index is 3.44. The Kier molecular flexibility index (Phi) is 4.39. The predicted octanol–water partition coefficient (Wildman–Crippen LogP) is 2.11. The standard InChI is InChI=1S/C12H26N2/c1-5-11(2)10-14-8-6-12(3,13-4)7-9-14/h11,13H,5-10H2,1-4H3. The van der Waals surface area contributed by atoms with Gasteiger partial charge >= 0.3 is 0 Å². The van der Waals surface area contributed by atoms with Crippen molar-refractivity contribution < 1.29 is 0 Å². The van der Waals surface area contributed by atoms with Crippen molar-refractivity contribution in [1.82, 2.24) is 10.2 Å². The topological polar surface area (TPSA) is 15.3 Å². The lowest BCUT2D eigenvalue weighted by Crippen LogP contribution is -2.50. The molecule has 0 aromatic heterocycles. The van der Waals surface area contributed by atoms with Crippen LogP contribution in [-0.4, -0.2) is 37.1 Å². The molecule has 1 fully saturated rings. The van der Waals surface area contributed by atoms with Crippen LogP contribution in [0.4, 0.5) is 0 Å². The first-order chi connectivity index (χ1) is 6.59. The molecule has 84 valence electrons. The Morgan fingerprint density at radius 3 is 2.36 bits per heavy atom. The number of nitrogens with one attached hydrogen (secondary N) is 1. The summed E-state index contributed by atoms with van der Waals surface area (Å²) in [5, 5.41) is 3.44. The Morgan fingerprint density at radius 2 is 1.93 bits per heavy atom. The predicted molar refractivity (Wildman–Crippen MR) is 62.6 cm³/mol. The van der Waals surface area contributed by atoms with Crippen LogP contribution < -0.4 is 5.32 Å². The van der Waals surface area contributed by atoms with Gasteiger partial charge in [0.15, 0.2) is 0 Å². The van der Waals surface area contributed by atoms with Crippen molar-refractivity contribution in [1.29, 1.82) is 0 Å². The summed E-state index contributed by atoms with van der Waals surface area (Å²) in [6.07, 6.45) is 3.89. The molecule has 2 nitrogen and oxygen atoms in total. The third-order valence-electron chi connectivity index (χ3n) is 3.83. The zero-order chi connectivity index (χ0) is 10.6. The van der Waals surface area contributed by atoms with Crippen LogP contribution >= 0.6 is 0 Å². The van der Waals surface area contributed by atoms with Gasteiger partial charge in [0.05, 0.1) is 0 Å². The largest absolute Gasteiger partial charge is 0.314 e. The van der Waals surface area contributed by atoms with Crippen LogP contribution in [-0.2, 0) is 0 Å². The van der Waals surface area contributed by atoms with E-state index in [0.717, 1.165) is 5.92 Å². The average molecular weight is 198 g/mol. The molecule has 2 heteroatoms. The smallest absolute Gasteiger partial charge is 0.0174 e. The minimum atomic E-state index is 0.395. The van der Waals surface area contributed by atoms with Crippen LogP contribution in [0.5, 0.6) is 0 Å². The first-order valence-electron chi connectivity index (χ1n) is 6.01. The molecule has 1 saturated heterocycles. The fraction of sp³-hybridized carbons (Fsp3) is 1.00. The summed E-state index contributed by atoms with van der Waals surface area (Å²) in [5.41, 5.74) is 0.395. The lowest BCUT2D eigenvalue weighted by Gasteiger charge is -2.40. The molecule has 0 aliphatic carbocycles.